The Morgan fingerprint density at radius 1 is 0.919 bits per heavy atom. The normalized spacial score (nSPS) is 23.5. The van der Waals surface area contributed by atoms with E-state index in [-0.39, 0.29) is 28.4 Å². The van der Waals surface area contributed by atoms with Gasteiger partial charge in [0, 0.05) is 17.7 Å². The summed E-state index contributed by atoms with van der Waals surface area (Å²) in [4.78, 5) is 24.9. The molecule has 14 heteroatoms. The fourth-order valence-corrected chi connectivity index (χ4v) is 3.86. The lowest BCUT2D eigenvalue weighted by Gasteiger charge is -2.38. The molecule has 4 rings (SSSR count). The Balaban J connectivity index is 1.96. The Morgan fingerprint density at radius 3 is 2.11 bits per heavy atom. The molecule has 7 N–H and O–H groups in total. The number of carboxylic acids is 1. The molecule has 0 amide bonds. The third-order valence-electron chi connectivity index (χ3n) is 5.71. The summed E-state index contributed by atoms with van der Waals surface area (Å²) < 4.78 is 26.6. The van der Waals surface area contributed by atoms with E-state index in [2.05, 4.69) is 0 Å². The number of fused-ring (bicyclic) bond motifs is 1. The number of carboxylic acid groups (broad SMARTS) is 1. The first kappa shape index (κ1) is 25.8. The second-order valence-electron chi connectivity index (χ2n) is 8.01. The second kappa shape index (κ2) is 9.67. The molecule has 2 unspecified atom stereocenters. The van der Waals surface area contributed by atoms with Crippen LogP contribution in [0.5, 0.6) is 34.5 Å². The molecule has 37 heavy (non-hydrogen) atoms. The van der Waals surface area contributed by atoms with Crippen LogP contribution in [0.3, 0.4) is 0 Å². The van der Waals surface area contributed by atoms with Crippen LogP contribution >= 0.6 is 0 Å². The molecule has 0 spiro atoms. The number of aliphatic carboxylic acids is 1. The Morgan fingerprint density at radius 2 is 1.54 bits per heavy atom. The smallest absolute Gasteiger partial charge is 0.335 e. The van der Waals surface area contributed by atoms with Crippen molar-refractivity contribution < 1.29 is 63.9 Å². The van der Waals surface area contributed by atoms with Gasteiger partial charge in [0.2, 0.25) is 23.2 Å². The SMILES string of the molecule is COc1cc(-c2oc3cc(O)cc(O)c3c(=O)c2O[C@@H]2O[C@H](C(=O)O)[C@@H](O)C(O)C2O)cc(OC)c1O. The molecule has 1 aliphatic rings. The van der Waals surface area contributed by atoms with Crippen molar-refractivity contribution >= 4 is 16.9 Å². The average Bonchev–Trinajstić information content (AvgIpc) is 2.85. The summed E-state index contributed by atoms with van der Waals surface area (Å²) in [5.41, 5.74) is -1.33. The summed E-state index contributed by atoms with van der Waals surface area (Å²) in [7, 11) is 2.49. The minimum absolute atomic E-state index is 0.00370. The van der Waals surface area contributed by atoms with Gasteiger partial charge in [0.25, 0.3) is 0 Å². The number of benzene rings is 2. The lowest BCUT2D eigenvalue weighted by Crippen LogP contribution is -2.61. The molecule has 0 bridgehead atoms. The van der Waals surface area contributed by atoms with Crippen molar-refractivity contribution in [3.63, 3.8) is 0 Å². The summed E-state index contributed by atoms with van der Waals surface area (Å²) in [5.74, 6) is -4.55. The van der Waals surface area contributed by atoms with Crippen molar-refractivity contribution in [2.75, 3.05) is 14.2 Å². The fourth-order valence-electron chi connectivity index (χ4n) is 3.86. The highest BCUT2D eigenvalue weighted by Crippen LogP contribution is 2.44. The van der Waals surface area contributed by atoms with Crippen molar-refractivity contribution in [1.29, 1.82) is 0 Å². The molecular weight excluding hydrogens is 500 g/mol. The molecule has 1 aromatic heterocycles. The number of aliphatic hydroxyl groups excluding tert-OH is 3. The molecule has 0 saturated carbocycles. The number of ether oxygens (including phenoxy) is 4. The van der Waals surface area contributed by atoms with Gasteiger partial charge in [-0.25, -0.2) is 4.79 Å². The van der Waals surface area contributed by atoms with Gasteiger partial charge in [-0.15, -0.1) is 0 Å². The Bertz CT molecular complexity index is 1390. The van der Waals surface area contributed by atoms with Crippen molar-refractivity contribution in [2.45, 2.75) is 30.7 Å². The summed E-state index contributed by atoms with van der Waals surface area (Å²) in [6.07, 6.45) is -10.1. The summed E-state index contributed by atoms with van der Waals surface area (Å²) in [6.45, 7) is 0. The highest BCUT2D eigenvalue weighted by Gasteiger charge is 2.48. The van der Waals surface area contributed by atoms with Gasteiger partial charge in [-0.2, -0.15) is 0 Å². The number of aliphatic hydroxyl groups is 3. The molecule has 14 nitrogen and oxygen atoms in total. The summed E-state index contributed by atoms with van der Waals surface area (Å²) in [5, 5.41) is 69.7. The van der Waals surface area contributed by atoms with Gasteiger partial charge in [-0.3, -0.25) is 4.79 Å². The maximum Gasteiger partial charge on any atom is 0.335 e. The standard InChI is InChI=1S/C23H22O14/c1-33-11-3-7(4-12(34-2)14(11)26)19-20(15(27)13-9(25)5-8(24)6-10(13)35-19)36-23-18(30)16(28)17(29)21(37-23)22(31)32/h3-6,16-18,21,23-26,28-30H,1-2H3,(H,31,32)/t16?,17-,18?,21-,23+/m0/s1. The van der Waals surface area contributed by atoms with Crippen LogP contribution in [0, 0.1) is 0 Å². The van der Waals surface area contributed by atoms with Crippen LogP contribution in [-0.2, 0) is 9.53 Å². The number of aromatic hydroxyl groups is 3. The van der Waals surface area contributed by atoms with Crippen molar-refractivity contribution in [1.82, 2.24) is 0 Å². The summed E-state index contributed by atoms with van der Waals surface area (Å²) in [6, 6.07) is 4.36. The van der Waals surface area contributed by atoms with Gasteiger partial charge in [0.05, 0.1) is 14.2 Å². The molecule has 0 radical (unpaired) electrons. The maximum atomic E-state index is 13.5. The zero-order valence-corrected chi connectivity index (χ0v) is 19.2. The van der Waals surface area contributed by atoms with Crippen molar-refractivity contribution in [3.05, 3.63) is 34.5 Å². The molecule has 3 aromatic rings. The predicted octanol–water partition coefficient (Wildman–Crippen LogP) is -0.135. The van der Waals surface area contributed by atoms with E-state index in [1.54, 1.807) is 0 Å². The van der Waals surface area contributed by atoms with Crippen LogP contribution < -0.4 is 19.6 Å². The first-order valence-electron chi connectivity index (χ1n) is 10.6. The van der Waals surface area contributed by atoms with Gasteiger partial charge in [-0.05, 0) is 12.1 Å². The first-order valence-corrected chi connectivity index (χ1v) is 10.6. The van der Waals surface area contributed by atoms with Gasteiger partial charge in [-0.1, -0.05) is 0 Å². The van der Waals surface area contributed by atoms with Crippen molar-refractivity contribution in [3.8, 4) is 45.8 Å². The first-order chi connectivity index (χ1) is 17.5. The van der Waals surface area contributed by atoms with E-state index in [0.29, 0.717) is 0 Å². The number of phenolic OH excluding ortho intramolecular Hbond substituents is 3. The van der Waals surface area contributed by atoms with Crippen LogP contribution in [0.2, 0.25) is 0 Å². The van der Waals surface area contributed by atoms with Gasteiger partial charge < -0.3 is 59.1 Å². The molecule has 0 aliphatic carbocycles. The predicted molar refractivity (Wildman–Crippen MR) is 121 cm³/mol. The zero-order valence-electron chi connectivity index (χ0n) is 19.2. The lowest BCUT2D eigenvalue weighted by molar-refractivity contribution is -0.271. The van der Waals surface area contributed by atoms with E-state index >= 15 is 0 Å². The van der Waals surface area contributed by atoms with Crippen LogP contribution in [0.15, 0.2) is 33.5 Å². The van der Waals surface area contributed by atoms with E-state index in [1.165, 1.54) is 26.4 Å². The molecule has 1 aliphatic heterocycles. The molecule has 5 atom stereocenters. The number of rotatable bonds is 6. The Kier molecular flexibility index (Phi) is 6.75. The molecular formula is C23H22O14. The largest absolute Gasteiger partial charge is 0.508 e. The van der Waals surface area contributed by atoms with E-state index in [0.717, 1.165) is 12.1 Å². The third kappa shape index (κ3) is 4.42. The highest BCUT2D eigenvalue weighted by atomic mass is 16.7. The average molecular weight is 522 g/mol. The lowest BCUT2D eigenvalue weighted by atomic mass is 9.99. The molecule has 1 fully saturated rings. The maximum absolute atomic E-state index is 13.5. The molecule has 2 heterocycles. The van der Waals surface area contributed by atoms with Gasteiger partial charge >= 0.3 is 5.97 Å². The highest BCUT2D eigenvalue weighted by molar-refractivity contribution is 5.88. The molecule has 2 aromatic carbocycles. The number of phenols is 3. The van der Waals surface area contributed by atoms with Gasteiger partial charge in [0.15, 0.2) is 23.4 Å². The van der Waals surface area contributed by atoms with E-state index in [1.807, 2.05) is 0 Å². The van der Waals surface area contributed by atoms with Crippen LogP contribution in [-0.4, -0.2) is 86.6 Å². The van der Waals surface area contributed by atoms with E-state index in [9.17, 15) is 45.3 Å². The fraction of sp³-hybridized carbons (Fsp3) is 0.304. The third-order valence-corrected chi connectivity index (χ3v) is 5.71. The monoisotopic (exact) mass is 522 g/mol. The van der Waals surface area contributed by atoms with Crippen LogP contribution in [0.1, 0.15) is 0 Å². The number of carbonyl (C=O) groups is 1. The minimum Gasteiger partial charge on any atom is -0.508 e. The number of hydrogen-bond donors (Lipinski definition) is 7. The summed E-state index contributed by atoms with van der Waals surface area (Å²) >= 11 is 0. The Labute approximate surface area is 206 Å². The molecule has 1 saturated heterocycles. The minimum atomic E-state index is -2.03. The number of hydrogen-bond acceptors (Lipinski definition) is 13. The molecule has 198 valence electrons. The van der Waals surface area contributed by atoms with Crippen LogP contribution in [0.4, 0.5) is 0 Å². The topological polar surface area (TPSA) is 226 Å². The quantitative estimate of drug-likeness (QED) is 0.224. The second-order valence-corrected chi connectivity index (χ2v) is 8.01. The zero-order chi connectivity index (χ0) is 27.2. The van der Waals surface area contributed by atoms with Gasteiger partial charge in [0.1, 0.15) is 40.8 Å². The Hall–Kier alpha value is -4.24. The van der Waals surface area contributed by atoms with E-state index < -0.39 is 70.5 Å². The number of methoxy groups -OCH3 is 2. The van der Waals surface area contributed by atoms with Crippen LogP contribution in [0.25, 0.3) is 22.3 Å². The van der Waals surface area contributed by atoms with Crippen molar-refractivity contribution in [2.24, 2.45) is 0 Å². The van der Waals surface area contributed by atoms with E-state index in [4.69, 9.17) is 23.4 Å².